The molecule has 2 aliphatic heterocycles. The van der Waals surface area contributed by atoms with E-state index in [4.69, 9.17) is 0 Å². The summed E-state index contributed by atoms with van der Waals surface area (Å²) in [5, 5.41) is 12.1. The van der Waals surface area contributed by atoms with Crippen LogP contribution in [0.1, 0.15) is 18.4 Å². The van der Waals surface area contributed by atoms with Gasteiger partial charge in [-0.3, -0.25) is 14.8 Å². The maximum Gasteiger partial charge on any atom is 0.0705 e. The lowest BCUT2D eigenvalue weighted by molar-refractivity contribution is -0.0249. The molecule has 0 unspecified atom stereocenters. The van der Waals surface area contributed by atoms with E-state index in [1.807, 2.05) is 6.20 Å². The molecular weight excluding hydrogens is 348 g/mol. The number of aromatic nitrogens is 1. The Morgan fingerprint density at radius 1 is 1.00 bits per heavy atom. The zero-order valence-corrected chi connectivity index (χ0v) is 16.9. The van der Waals surface area contributed by atoms with Crippen LogP contribution in [0.3, 0.4) is 0 Å². The number of aliphatic hydroxyl groups excluding tert-OH is 1. The Kier molecular flexibility index (Phi) is 5.09. The summed E-state index contributed by atoms with van der Waals surface area (Å²) in [4.78, 5) is 12.1. The summed E-state index contributed by atoms with van der Waals surface area (Å²) >= 11 is 0. The quantitative estimate of drug-likeness (QED) is 0.883. The van der Waals surface area contributed by atoms with E-state index in [-0.39, 0.29) is 6.10 Å². The van der Waals surface area contributed by atoms with Crippen LogP contribution < -0.4 is 0 Å². The molecule has 28 heavy (non-hydrogen) atoms. The summed E-state index contributed by atoms with van der Waals surface area (Å²) < 4.78 is 0. The van der Waals surface area contributed by atoms with Crippen LogP contribution in [-0.2, 0) is 6.54 Å². The summed E-state index contributed by atoms with van der Waals surface area (Å²) in [6.07, 6.45) is 3.90. The van der Waals surface area contributed by atoms with Crippen molar-refractivity contribution in [3.63, 3.8) is 0 Å². The Morgan fingerprint density at radius 3 is 2.57 bits per heavy atom. The van der Waals surface area contributed by atoms with Crippen molar-refractivity contribution in [1.29, 1.82) is 0 Å². The standard InChI is InChI=1S/C23H32N4O/c1-25-8-10-27(11-9-25)22-12-18-15-26(16-19(18)13-23(22)28)14-17-6-7-24-21-5-3-2-4-20(17)21/h2-7,18-19,22-23,28H,8-16H2,1H3/t18-,19+,22-,23-/m1/s1. The average Bonchev–Trinajstić information content (AvgIpc) is 3.09. The second-order valence-electron chi connectivity index (χ2n) is 9.15. The van der Waals surface area contributed by atoms with Crippen LogP contribution >= 0.6 is 0 Å². The number of likely N-dealkylation sites (tertiary alicyclic amines) is 1. The van der Waals surface area contributed by atoms with Gasteiger partial charge in [0, 0.05) is 63.4 Å². The van der Waals surface area contributed by atoms with Gasteiger partial charge in [0.05, 0.1) is 11.6 Å². The van der Waals surface area contributed by atoms with E-state index >= 15 is 0 Å². The Morgan fingerprint density at radius 2 is 1.75 bits per heavy atom. The van der Waals surface area contributed by atoms with Gasteiger partial charge in [0.1, 0.15) is 0 Å². The van der Waals surface area contributed by atoms with Gasteiger partial charge in [0.2, 0.25) is 0 Å². The first-order valence-electron chi connectivity index (χ1n) is 10.8. The zero-order chi connectivity index (χ0) is 19.1. The summed E-state index contributed by atoms with van der Waals surface area (Å²) in [6.45, 7) is 7.72. The molecule has 0 amide bonds. The molecule has 1 aliphatic carbocycles. The highest BCUT2D eigenvalue weighted by atomic mass is 16.3. The van der Waals surface area contributed by atoms with Gasteiger partial charge in [-0.05, 0) is 49.4 Å². The molecule has 1 N–H and O–H groups in total. The van der Waals surface area contributed by atoms with Gasteiger partial charge >= 0.3 is 0 Å². The van der Waals surface area contributed by atoms with Crippen LogP contribution in [0.15, 0.2) is 36.5 Å². The normalized spacial score (nSPS) is 32.6. The van der Waals surface area contributed by atoms with Gasteiger partial charge in [-0.2, -0.15) is 0 Å². The van der Waals surface area contributed by atoms with E-state index in [2.05, 4.69) is 57.1 Å². The first-order chi connectivity index (χ1) is 13.7. The fraction of sp³-hybridized carbons (Fsp3) is 0.609. The van der Waals surface area contributed by atoms with Gasteiger partial charge in [0.15, 0.2) is 0 Å². The Hall–Kier alpha value is -1.53. The van der Waals surface area contributed by atoms with E-state index < -0.39 is 0 Å². The van der Waals surface area contributed by atoms with Crippen molar-refractivity contribution < 1.29 is 5.11 Å². The molecule has 0 bridgehead atoms. The molecule has 3 aliphatic rings. The number of hydrogen-bond donors (Lipinski definition) is 1. The minimum Gasteiger partial charge on any atom is -0.391 e. The number of para-hydroxylation sites is 1. The van der Waals surface area contributed by atoms with E-state index in [0.717, 1.165) is 70.1 Å². The summed E-state index contributed by atoms with van der Waals surface area (Å²) in [5.41, 5.74) is 2.46. The van der Waals surface area contributed by atoms with Crippen LogP contribution in [0.25, 0.3) is 10.9 Å². The molecule has 3 heterocycles. The first-order valence-corrected chi connectivity index (χ1v) is 10.8. The molecule has 5 heteroatoms. The number of piperazine rings is 1. The van der Waals surface area contributed by atoms with Crippen molar-refractivity contribution >= 4 is 10.9 Å². The largest absolute Gasteiger partial charge is 0.391 e. The van der Waals surface area contributed by atoms with E-state index in [1.165, 1.54) is 10.9 Å². The SMILES string of the molecule is CN1CCN([C@@H]2C[C@@H]3CN(Cc4ccnc5ccccc45)C[C@@H]3C[C@H]2O)CC1. The third kappa shape index (κ3) is 3.57. The van der Waals surface area contributed by atoms with Gasteiger partial charge < -0.3 is 10.0 Å². The summed E-state index contributed by atoms with van der Waals surface area (Å²) in [7, 11) is 2.20. The van der Waals surface area contributed by atoms with Crippen molar-refractivity contribution in [3.8, 4) is 0 Å². The Balaban J connectivity index is 1.26. The molecule has 2 aromatic rings. The van der Waals surface area contributed by atoms with Crippen LogP contribution in [0.5, 0.6) is 0 Å². The van der Waals surface area contributed by atoms with Crippen LogP contribution in [-0.4, -0.2) is 83.3 Å². The molecule has 2 saturated heterocycles. The fourth-order valence-corrected chi connectivity index (χ4v) is 5.71. The van der Waals surface area contributed by atoms with Crippen molar-refractivity contribution in [2.75, 3.05) is 46.3 Å². The lowest BCUT2D eigenvalue weighted by Gasteiger charge is -2.44. The van der Waals surface area contributed by atoms with E-state index in [0.29, 0.717) is 12.0 Å². The second-order valence-corrected chi connectivity index (χ2v) is 9.15. The number of hydrogen-bond acceptors (Lipinski definition) is 5. The van der Waals surface area contributed by atoms with E-state index in [9.17, 15) is 5.11 Å². The minimum absolute atomic E-state index is 0.161. The van der Waals surface area contributed by atoms with E-state index in [1.54, 1.807) is 0 Å². The number of benzene rings is 1. The highest BCUT2D eigenvalue weighted by molar-refractivity contribution is 5.81. The molecule has 4 atom stereocenters. The topological polar surface area (TPSA) is 42.8 Å². The molecule has 5 rings (SSSR count). The number of fused-ring (bicyclic) bond motifs is 2. The number of likely N-dealkylation sites (N-methyl/N-ethyl adjacent to an activating group) is 1. The maximum atomic E-state index is 10.9. The zero-order valence-electron chi connectivity index (χ0n) is 16.9. The first kappa shape index (κ1) is 18.5. The summed E-state index contributed by atoms with van der Waals surface area (Å²) in [5.74, 6) is 1.37. The molecular formula is C23H32N4O. The summed E-state index contributed by atoms with van der Waals surface area (Å²) in [6, 6.07) is 11.0. The van der Waals surface area contributed by atoms with Gasteiger partial charge in [-0.1, -0.05) is 18.2 Å². The minimum atomic E-state index is -0.161. The molecule has 5 nitrogen and oxygen atoms in total. The highest BCUT2D eigenvalue weighted by Crippen LogP contribution is 2.39. The van der Waals surface area contributed by atoms with Gasteiger partial charge in [-0.15, -0.1) is 0 Å². The van der Waals surface area contributed by atoms with Crippen LogP contribution in [0, 0.1) is 11.8 Å². The smallest absolute Gasteiger partial charge is 0.0705 e. The molecule has 0 spiro atoms. The highest BCUT2D eigenvalue weighted by Gasteiger charge is 2.43. The molecule has 1 saturated carbocycles. The van der Waals surface area contributed by atoms with Crippen molar-refractivity contribution in [1.82, 2.24) is 19.7 Å². The predicted molar refractivity (Wildman–Crippen MR) is 112 cm³/mol. The van der Waals surface area contributed by atoms with Crippen molar-refractivity contribution in [2.24, 2.45) is 11.8 Å². The Bertz CT molecular complexity index is 814. The molecule has 1 aromatic carbocycles. The van der Waals surface area contributed by atoms with Crippen molar-refractivity contribution in [3.05, 3.63) is 42.1 Å². The lowest BCUT2D eigenvalue weighted by Crippen LogP contribution is -2.55. The number of rotatable bonds is 3. The average molecular weight is 381 g/mol. The third-order valence-electron chi connectivity index (χ3n) is 7.32. The van der Waals surface area contributed by atoms with Gasteiger partial charge in [-0.25, -0.2) is 0 Å². The molecule has 150 valence electrons. The van der Waals surface area contributed by atoms with Crippen LogP contribution in [0.4, 0.5) is 0 Å². The third-order valence-corrected chi connectivity index (χ3v) is 7.32. The maximum absolute atomic E-state index is 10.9. The Labute approximate surface area is 167 Å². The lowest BCUT2D eigenvalue weighted by atomic mass is 9.77. The van der Waals surface area contributed by atoms with Crippen molar-refractivity contribution in [2.45, 2.75) is 31.5 Å². The predicted octanol–water partition coefficient (Wildman–Crippen LogP) is 2.05. The molecule has 1 aromatic heterocycles. The number of aliphatic hydroxyl groups is 1. The van der Waals surface area contributed by atoms with Gasteiger partial charge in [0.25, 0.3) is 0 Å². The molecule has 0 radical (unpaired) electrons. The fourth-order valence-electron chi connectivity index (χ4n) is 5.71. The molecule has 3 fully saturated rings. The number of pyridine rings is 1. The number of nitrogens with zero attached hydrogens (tertiary/aromatic N) is 4. The second kappa shape index (κ2) is 7.71. The van der Waals surface area contributed by atoms with Crippen LogP contribution in [0.2, 0.25) is 0 Å². The monoisotopic (exact) mass is 380 g/mol.